The zero-order valence-electron chi connectivity index (χ0n) is 6.50. The summed E-state index contributed by atoms with van der Waals surface area (Å²) >= 11 is 7.88. The van der Waals surface area contributed by atoms with Crippen LogP contribution in [0.15, 0.2) is 34.9 Å². The fourth-order valence-corrected chi connectivity index (χ4v) is 1.66. The minimum atomic E-state index is 0.416. The summed E-state index contributed by atoms with van der Waals surface area (Å²) in [6.45, 7) is 0. The van der Waals surface area contributed by atoms with Gasteiger partial charge in [-0.25, -0.2) is 0 Å². The average Bonchev–Trinajstić information content (AvgIpc) is 2.49. The van der Waals surface area contributed by atoms with Crippen LogP contribution >= 0.6 is 34.2 Å². The van der Waals surface area contributed by atoms with Crippen LogP contribution < -0.4 is 0 Å². The first-order valence-electron chi connectivity index (χ1n) is 3.65. The molecule has 0 amide bonds. The third-order valence-corrected chi connectivity index (χ3v) is 3.21. The number of hydrogen-bond donors (Lipinski definition) is 0. The van der Waals surface area contributed by atoms with Gasteiger partial charge in [-0.1, -0.05) is 47.1 Å². The topological polar surface area (TPSA) is 26.0 Å². The highest BCUT2D eigenvalue weighted by Gasteiger charge is 2.12. The van der Waals surface area contributed by atoms with Gasteiger partial charge in [-0.15, -0.1) is 0 Å². The van der Waals surface area contributed by atoms with Gasteiger partial charge in [0.25, 0.3) is 0 Å². The molecule has 1 aromatic heterocycles. The van der Waals surface area contributed by atoms with E-state index in [-0.39, 0.29) is 0 Å². The summed E-state index contributed by atoms with van der Waals surface area (Å²) in [6, 6.07) is 9.76. The molecular formula is C9H5ClINO. The van der Waals surface area contributed by atoms with Crippen molar-refractivity contribution in [1.29, 1.82) is 0 Å². The second-order valence-electron chi connectivity index (χ2n) is 2.48. The first-order chi connectivity index (χ1) is 6.29. The van der Waals surface area contributed by atoms with Crippen molar-refractivity contribution in [3.8, 4) is 11.3 Å². The molecule has 0 aliphatic carbocycles. The molecule has 0 bridgehead atoms. The Morgan fingerprint density at radius 3 is 2.46 bits per heavy atom. The molecule has 4 heteroatoms. The number of nitrogens with zero attached hydrogens (tertiary/aromatic N) is 1. The van der Waals surface area contributed by atoms with E-state index in [2.05, 4.69) is 27.7 Å². The van der Waals surface area contributed by atoms with E-state index in [4.69, 9.17) is 16.1 Å². The normalized spacial score (nSPS) is 10.3. The average molecular weight is 306 g/mol. The molecule has 0 N–H and O–H groups in total. The van der Waals surface area contributed by atoms with Crippen LogP contribution in [0.1, 0.15) is 0 Å². The maximum atomic E-state index is 5.77. The third-order valence-electron chi connectivity index (χ3n) is 1.63. The largest absolute Gasteiger partial charge is 0.354 e. The monoisotopic (exact) mass is 305 g/mol. The fraction of sp³-hybridized carbons (Fsp3) is 0. The molecule has 0 radical (unpaired) electrons. The van der Waals surface area contributed by atoms with E-state index < -0.39 is 0 Å². The highest BCUT2D eigenvalue weighted by molar-refractivity contribution is 14.1. The molecule has 0 saturated carbocycles. The zero-order valence-corrected chi connectivity index (χ0v) is 9.41. The Kier molecular flexibility index (Phi) is 2.55. The number of aromatic nitrogens is 1. The van der Waals surface area contributed by atoms with Crippen molar-refractivity contribution in [3.63, 3.8) is 0 Å². The first-order valence-corrected chi connectivity index (χ1v) is 5.11. The molecule has 0 saturated heterocycles. The zero-order chi connectivity index (χ0) is 9.26. The smallest absolute Gasteiger partial charge is 0.186 e. The molecule has 66 valence electrons. The van der Waals surface area contributed by atoms with Crippen LogP contribution in [0.3, 0.4) is 0 Å². The minimum absolute atomic E-state index is 0.416. The molecule has 1 aromatic carbocycles. The van der Waals surface area contributed by atoms with Gasteiger partial charge in [0.15, 0.2) is 10.9 Å². The highest BCUT2D eigenvalue weighted by atomic mass is 127. The van der Waals surface area contributed by atoms with Crippen molar-refractivity contribution < 1.29 is 4.52 Å². The minimum Gasteiger partial charge on any atom is -0.354 e. The predicted molar refractivity (Wildman–Crippen MR) is 59.7 cm³/mol. The molecule has 2 rings (SSSR count). The van der Waals surface area contributed by atoms with E-state index in [0.29, 0.717) is 5.15 Å². The molecule has 0 unspecified atom stereocenters. The summed E-state index contributed by atoms with van der Waals surface area (Å²) < 4.78 is 5.94. The predicted octanol–water partition coefficient (Wildman–Crippen LogP) is 3.60. The summed E-state index contributed by atoms with van der Waals surface area (Å²) in [5.74, 6) is 0.728. The van der Waals surface area contributed by atoms with Crippen molar-refractivity contribution in [2.75, 3.05) is 0 Å². The van der Waals surface area contributed by atoms with E-state index in [0.717, 1.165) is 14.9 Å². The van der Waals surface area contributed by atoms with Crippen LogP contribution in [0.2, 0.25) is 5.15 Å². The van der Waals surface area contributed by atoms with Gasteiger partial charge in [0.05, 0.1) is 3.57 Å². The van der Waals surface area contributed by atoms with E-state index in [9.17, 15) is 0 Å². The van der Waals surface area contributed by atoms with Crippen molar-refractivity contribution >= 4 is 34.2 Å². The van der Waals surface area contributed by atoms with Gasteiger partial charge in [-0.3, -0.25) is 0 Å². The molecule has 0 fully saturated rings. The van der Waals surface area contributed by atoms with Gasteiger partial charge in [-0.05, 0) is 22.6 Å². The SMILES string of the molecule is Clc1noc(-c2ccccc2)c1I. The van der Waals surface area contributed by atoms with Gasteiger partial charge in [0.2, 0.25) is 0 Å². The number of benzene rings is 1. The van der Waals surface area contributed by atoms with Crippen LogP contribution in [-0.4, -0.2) is 5.16 Å². The molecule has 0 aliphatic rings. The summed E-state index contributed by atoms with van der Waals surface area (Å²) in [5.41, 5.74) is 0.992. The molecule has 0 aliphatic heterocycles. The second-order valence-corrected chi connectivity index (χ2v) is 3.92. The quantitative estimate of drug-likeness (QED) is 0.752. The van der Waals surface area contributed by atoms with E-state index >= 15 is 0 Å². The summed E-state index contributed by atoms with van der Waals surface area (Å²) in [4.78, 5) is 0. The summed E-state index contributed by atoms with van der Waals surface area (Å²) in [6.07, 6.45) is 0. The Morgan fingerprint density at radius 1 is 1.23 bits per heavy atom. The number of hydrogen-bond acceptors (Lipinski definition) is 2. The van der Waals surface area contributed by atoms with Crippen molar-refractivity contribution in [2.45, 2.75) is 0 Å². The van der Waals surface area contributed by atoms with Gasteiger partial charge in [0.1, 0.15) is 0 Å². The Balaban J connectivity index is 2.53. The van der Waals surface area contributed by atoms with Crippen LogP contribution in [0.5, 0.6) is 0 Å². The lowest BCUT2D eigenvalue weighted by molar-refractivity contribution is 0.432. The number of rotatable bonds is 1. The van der Waals surface area contributed by atoms with Crippen LogP contribution in [-0.2, 0) is 0 Å². The molecule has 13 heavy (non-hydrogen) atoms. The second kappa shape index (κ2) is 3.67. The van der Waals surface area contributed by atoms with Gasteiger partial charge >= 0.3 is 0 Å². The standard InChI is InChI=1S/C9H5ClINO/c10-9-7(11)8(13-12-9)6-4-2-1-3-5-6/h1-5H. The Labute approximate surface area is 94.0 Å². The lowest BCUT2D eigenvalue weighted by Crippen LogP contribution is -1.75. The fourth-order valence-electron chi connectivity index (χ4n) is 1.03. The Morgan fingerprint density at radius 2 is 1.92 bits per heavy atom. The van der Waals surface area contributed by atoms with Crippen molar-refractivity contribution in [2.24, 2.45) is 0 Å². The maximum absolute atomic E-state index is 5.77. The maximum Gasteiger partial charge on any atom is 0.186 e. The van der Waals surface area contributed by atoms with Crippen LogP contribution in [0.25, 0.3) is 11.3 Å². The van der Waals surface area contributed by atoms with Crippen LogP contribution in [0.4, 0.5) is 0 Å². The summed E-state index contributed by atoms with van der Waals surface area (Å²) in [7, 11) is 0. The van der Waals surface area contributed by atoms with Crippen molar-refractivity contribution in [3.05, 3.63) is 39.1 Å². The molecule has 2 aromatic rings. The van der Waals surface area contributed by atoms with Gasteiger partial charge in [-0.2, -0.15) is 0 Å². The first kappa shape index (κ1) is 9.02. The number of halogens is 2. The lowest BCUT2D eigenvalue weighted by atomic mass is 10.2. The highest BCUT2D eigenvalue weighted by Crippen LogP contribution is 2.29. The molecule has 2 nitrogen and oxygen atoms in total. The Hall–Kier alpha value is -0.550. The molecule has 1 heterocycles. The summed E-state index contributed by atoms with van der Waals surface area (Å²) in [5, 5.41) is 4.09. The molecule has 0 spiro atoms. The van der Waals surface area contributed by atoms with E-state index in [1.807, 2.05) is 30.3 Å². The van der Waals surface area contributed by atoms with E-state index in [1.54, 1.807) is 0 Å². The van der Waals surface area contributed by atoms with Gasteiger partial charge < -0.3 is 4.52 Å². The van der Waals surface area contributed by atoms with Crippen LogP contribution in [0, 0.1) is 3.57 Å². The molecular weight excluding hydrogens is 300 g/mol. The van der Waals surface area contributed by atoms with E-state index in [1.165, 1.54) is 0 Å². The third kappa shape index (κ3) is 1.71. The van der Waals surface area contributed by atoms with Gasteiger partial charge in [0, 0.05) is 5.56 Å². The lowest BCUT2D eigenvalue weighted by Gasteiger charge is -1.93. The Bertz CT molecular complexity index is 413. The molecule has 0 atom stereocenters. The van der Waals surface area contributed by atoms with Crippen molar-refractivity contribution in [1.82, 2.24) is 5.16 Å².